The molecule has 0 aromatic heterocycles. The van der Waals surface area contributed by atoms with Crippen LogP contribution in [0.4, 0.5) is 0 Å². The minimum Gasteiger partial charge on any atom is -0.478 e. The molecule has 0 saturated carbocycles. The lowest BCUT2D eigenvalue weighted by molar-refractivity contribution is 0.0686. The van der Waals surface area contributed by atoms with Gasteiger partial charge in [-0.05, 0) is 76.9 Å². The SMILES string of the molecule is O=C(O)c1cc(S(=O)(=O)c2ccccc2)ccc1-c1cccc(-c2ccc(S(=O)(=O)c3ccccc3)cc2C(=O)O)c1. The Morgan fingerprint density at radius 3 is 1.17 bits per heavy atom. The van der Waals surface area contributed by atoms with Gasteiger partial charge in [0.15, 0.2) is 0 Å². The highest BCUT2D eigenvalue weighted by atomic mass is 32.2. The number of carboxylic acids is 2. The molecule has 0 atom stereocenters. The summed E-state index contributed by atoms with van der Waals surface area (Å²) in [6, 6.07) is 29.3. The van der Waals surface area contributed by atoms with Crippen molar-refractivity contribution >= 4 is 31.6 Å². The first-order valence-electron chi connectivity index (χ1n) is 12.5. The molecule has 0 fully saturated rings. The van der Waals surface area contributed by atoms with Crippen molar-refractivity contribution in [3.8, 4) is 22.3 Å². The molecule has 5 rings (SSSR count). The summed E-state index contributed by atoms with van der Waals surface area (Å²) in [5, 5.41) is 19.9. The number of hydrogen-bond donors (Lipinski definition) is 2. The van der Waals surface area contributed by atoms with Gasteiger partial charge in [-0.1, -0.05) is 66.7 Å². The van der Waals surface area contributed by atoms with Gasteiger partial charge in [0, 0.05) is 0 Å². The molecule has 0 radical (unpaired) electrons. The van der Waals surface area contributed by atoms with Crippen LogP contribution in [-0.2, 0) is 19.7 Å². The lowest BCUT2D eigenvalue weighted by atomic mass is 9.94. The summed E-state index contributed by atoms with van der Waals surface area (Å²) in [5.41, 5.74) is 0.712. The summed E-state index contributed by atoms with van der Waals surface area (Å²) < 4.78 is 52.4. The van der Waals surface area contributed by atoms with E-state index < -0.39 is 31.6 Å². The van der Waals surface area contributed by atoms with Gasteiger partial charge in [-0.15, -0.1) is 0 Å². The summed E-state index contributed by atoms with van der Waals surface area (Å²) in [4.78, 5) is 24.1. The van der Waals surface area contributed by atoms with Gasteiger partial charge < -0.3 is 10.2 Å². The van der Waals surface area contributed by atoms with Crippen LogP contribution in [0.2, 0.25) is 0 Å². The van der Waals surface area contributed by atoms with Crippen LogP contribution in [0, 0.1) is 0 Å². The van der Waals surface area contributed by atoms with Crippen LogP contribution in [0.15, 0.2) is 141 Å². The van der Waals surface area contributed by atoms with E-state index in [1.807, 2.05) is 0 Å². The Kier molecular flexibility index (Phi) is 7.51. The molecule has 0 aliphatic carbocycles. The van der Waals surface area contributed by atoms with Crippen molar-refractivity contribution in [1.29, 1.82) is 0 Å². The molecule has 5 aromatic carbocycles. The third-order valence-corrected chi connectivity index (χ3v) is 10.2. The second-order valence-electron chi connectivity index (χ2n) is 9.24. The fraction of sp³-hybridized carbons (Fsp3) is 0. The lowest BCUT2D eigenvalue weighted by Crippen LogP contribution is -2.07. The van der Waals surface area contributed by atoms with Gasteiger partial charge >= 0.3 is 11.9 Å². The third-order valence-electron chi connectivity index (χ3n) is 6.66. The maximum absolute atomic E-state index is 13.1. The smallest absolute Gasteiger partial charge is 0.336 e. The number of sulfone groups is 2. The van der Waals surface area contributed by atoms with Gasteiger partial charge in [-0.25, -0.2) is 26.4 Å². The van der Waals surface area contributed by atoms with Gasteiger partial charge in [0.1, 0.15) is 0 Å². The van der Waals surface area contributed by atoms with E-state index in [2.05, 4.69) is 0 Å². The van der Waals surface area contributed by atoms with Crippen LogP contribution in [0.25, 0.3) is 22.3 Å². The van der Waals surface area contributed by atoms with Crippen molar-refractivity contribution < 1.29 is 36.6 Å². The van der Waals surface area contributed by atoms with E-state index in [0.29, 0.717) is 11.1 Å². The Balaban J connectivity index is 1.59. The Morgan fingerprint density at radius 1 is 0.429 bits per heavy atom. The Labute approximate surface area is 242 Å². The number of hydrogen-bond acceptors (Lipinski definition) is 6. The van der Waals surface area contributed by atoms with Crippen LogP contribution in [0.3, 0.4) is 0 Å². The molecular weight excluding hydrogens is 576 g/mol. The zero-order chi connectivity index (χ0) is 30.1. The molecule has 0 aliphatic heterocycles. The maximum Gasteiger partial charge on any atom is 0.336 e. The highest BCUT2D eigenvalue weighted by Gasteiger charge is 2.24. The molecule has 0 heterocycles. The first kappa shape index (κ1) is 28.5. The monoisotopic (exact) mass is 598 g/mol. The van der Waals surface area contributed by atoms with E-state index in [1.165, 1.54) is 48.5 Å². The van der Waals surface area contributed by atoms with Crippen LogP contribution < -0.4 is 0 Å². The van der Waals surface area contributed by atoms with Crippen LogP contribution in [0.5, 0.6) is 0 Å². The molecule has 0 bridgehead atoms. The molecule has 0 unspecified atom stereocenters. The van der Waals surface area contributed by atoms with Gasteiger partial charge in [0.25, 0.3) is 0 Å². The molecule has 0 aliphatic rings. The third kappa shape index (κ3) is 5.32. The highest BCUT2D eigenvalue weighted by Crippen LogP contribution is 2.34. The molecule has 2 N–H and O–H groups in total. The molecule has 10 heteroatoms. The average molecular weight is 599 g/mol. The fourth-order valence-corrected chi connectivity index (χ4v) is 7.18. The molecule has 0 spiro atoms. The zero-order valence-electron chi connectivity index (χ0n) is 21.7. The number of aromatic carboxylic acids is 2. The molecule has 210 valence electrons. The van der Waals surface area contributed by atoms with E-state index >= 15 is 0 Å². The van der Waals surface area contributed by atoms with Crippen molar-refractivity contribution in [3.63, 3.8) is 0 Å². The zero-order valence-corrected chi connectivity index (χ0v) is 23.3. The molecular formula is C32H22O8S2. The summed E-state index contributed by atoms with van der Waals surface area (Å²) in [7, 11) is -7.95. The van der Waals surface area contributed by atoms with Crippen molar-refractivity contribution in [2.24, 2.45) is 0 Å². The van der Waals surface area contributed by atoms with Gasteiger partial charge in [-0.3, -0.25) is 0 Å². The molecule has 42 heavy (non-hydrogen) atoms. The molecule has 5 aromatic rings. The standard InChI is InChI=1S/C32H22O8S2/c33-31(34)29-19-25(41(37,38)23-10-3-1-4-11-23)14-16-27(29)21-8-7-9-22(18-21)28-17-15-26(20-30(28)32(35)36)42(39,40)24-12-5-2-6-13-24/h1-20H,(H,33,34)(H,35,36). The highest BCUT2D eigenvalue weighted by molar-refractivity contribution is 7.91. The molecule has 0 amide bonds. The summed E-state index contributed by atoms with van der Waals surface area (Å²) in [5.74, 6) is -2.69. The largest absolute Gasteiger partial charge is 0.478 e. The average Bonchev–Trinajstić information content (AvgIpc) is 3.01. The van der Waals surface area contributed by atoms with Crippen molar-refractivity contribution in [1.82, 2.24) is 0 Å². The predicted octanol–water partition coefficient (Wildman–Crippen LogP) is 6.08. The van der Waals surface area contributed by atoms with Crippen molar-refractivity contribution in [2.45, 2.75) is 19.6 Å². The van der Waals surface area contributed by atoms with E-state index in [9.17, 15) is 36.6 Å². The normalized spacial score (nSPS) is 11.6. The van der Waals surface area contributed by atoms with Crippen molar-refractivity contribution in [3.05, 3.63) is 132 Å². The number of carbonyl (C=O) groups is 2. The minimum atomic E-state index is -3.97. The first-order valence-corrected chi connectivity index (χ1v) is 15.4. The second kappa shape index (κ2) is 11.1. The number of benzene rings is 5. The Hall–Kier alpha value is -5.06. The maximum atomic E-state index is 13.1. The van der Waals surface area contributed by atoms with Crippen LogP contribution in [0.1, 0.15) is 20.7 Å². The summed E-state index contributed by atoms with van der Waals surface area (Å²) >= 11 is 0. The van der Waals surface area contributed by atoms with Crippen molar-refractivity contribution in [2.75, 3.05) is 0 Å². The lowest BCUT2D eigenvalue weighted by Gasteiger charge is -2.13. The Bertz CT molecular complexity index is 1910. The van der Waals surface area contributed by atoms with E-state index in [1.54, 1.807) is 60.7 Å². The van der Waals surface area contributed by atoms with E-state index in [-0.39, 0.29) is 41.8 Å². The fourth-order valence-electron chi connectivity index (χ4n) is 4.56. The number of rotatable bonds is 8. The summed E-state index contributed by atoms with van der Waals surface area (Å²) in [6.07, 6.45) is 0. The van der Waals surface area contributed by atoms with E-state index in [0.717, 1.165) is 12.1 Å². The van der Waals surface area contributed by atoms with Gasteiger partial charge in [0.2, 0.25) is 19.7 Å². The van der Waals surface area contributed by atoms with Crippen LogP contribution >= 0.6 is 0 Å². The quantitative estimate of drug-likeness (QED) is 0.219. The molecule has 8 nitrogen and oxygen atoms in total. The van der Waals surface area contributed by atoms with Gasteiger partial charge in [-0.2, -0.15) is 0 Å². The summed E-state index contributed by atoms with van der Waals surface area (Å²) in [6.45, 7) is 0. The minimum absolute atomic E-state index is 0.0232. The topological polar surface area (TPSA) is 143 Å². The molecule has 0 saturated heterocycles. The van der Waals surface area contributed by atoms with Crippen LogP contribution in [-0.4, -0.2) is 39.0 Å². The number of carboxylic acid groups (broad SMARTS) is 2. The predicted molar refractivity (Wildman–Crippen MR) is 155 cm³/mol. The Morgan fingerprint density at radius 2 is 0.810 bits per heavy atom. The van der Waals surface area contributed by atoms with Gasteiger partial charge in [0.05, 0.1) is 30.7 Å². The van der Waals surface area contributed by atoms with E-state index in [4.69, 9.17) is 0 Å². The second-order valence-corrected chi connectivity index (χ2v) is 13.1. The first-order chi connectivity index (χ1) is 20.0.